The quantitative estimate of drug-likeness (QED) is 0.0838. The molecule has 7 N–H and O–H groups in total. The maximum Gasteiger partial charge on any atom is 0.326 e. The number of halogens is 3. The number of phenolic OH excluding ortho intramolecular Hbond substituents is 1. The van der Waals surface area contributed by atoms with Crippen molar-refractivity contribution in [1.29, 1.82) is 0 Å². The molecule has 2 aromatic rings. The van der Waals surface area contributed by atoms with Gasteiger partial charge in [-0.15, -0.1) is 0 Å². The van der Waals surface area contributed by atoms with Crippen LogP contribution in [0.15, 0.2) is 34.1 Å². The van der Waals surface area contributed by atoms with Crippen LogP contribution in [0.25, 0.3) is 0 Å². The summed E-state index contributed by atoms with van der Waals surface area (Å²) in [5.74, 6) is -9.90. The van der Waals surface area contributed by atoms with E-state index in [9.17, 15) is 45.8 Å². The number of nitrogens with two attached hydrogens (primary N) is 1. The highest BCUT2D eigenvalue weighted by Gasteiger charge is 2.37. The van der Waals surface area contributed by atoms with Crippen molar-refractivity contribution in [3.05, 3.63) is 47.3 Å². The molecule has 53 heavy (non-hydrogen) atoms. The minimum absolute atomic E-state index is 0.0109. The van der Waals surface area contributed by atoms with Crippen LogP contribution in [0.3, 0.4) is 0 Å². The molecule has 0 spiro atoms. The fourth-order valence-corrected chi connectivity index (χ4v) is 7.77. The standard InChI is InChI=1S/C33H45F3N4O11S2/c34-27-28(35)32(30(29(36)31(27)53(37,48)49)39-22-6-4-2-1-3-5-7-22)52(46,47)19-13-25(42)38-14-16-51-18-17-50-15-12-26(43)40-24(33(44)45)20-21-8-10-23(41)11-9-21/h8-11,22,24,39,41H,1-7,12-20H2,(H,38,42)(H,40,43)(H,44,45)(H2,37,48,49). The summed E-state index contributed by atoms with van der Waals surface area (Å²) in [5.41, 5.74) is -0.448. The van der Waals surface area contributed by atoms with Crippen molar-refractivity contribution in [2.75, 3.05) is 44.0 Å². The molecular formula is C33H45F3N4O11S2. The van der Waals surface area contributed by atoms with Crippen molar-refractivity contribution >= 4 is 43.3 Å². The molecule has 1 atom stereocenters. The van der Waals surface area contributed by atoms with Crippen LogP contribution in [-0.2, 0) is 50.1 Å². The fourth-order valence-electron chi connectivity index (χ4n) is 5.60. The molecule has 1 aliphatic rings. The zero-order chi connectivity index (χ0) is 39.2. The molecule has 0 aromatic heterocycles. The Morgan fingerprint density at radius 1 is 0.811 bits per heavy atom. The number of carbonyl (C=O) groups is 3. The smallest absolute Gasteiger partial charge is 0.326 e. The number of hydrogen-bond donors (Lipinski definition) is 6. The van der Waals surface area contributed by atoms with E-state index in [0.717, 1.165) is 19.3 Å². The molecule has 0 saturated heterocycles. The van der Waals surface area contributed by atoms with E-state index in [4.69, 9.17) is 14.6 Å². The van der Waals surface area contributed by atoms with Gasteiger partial charge in [0.2, 0.25) is 21.8 Å². The fraction of sp³-hybridized carbons (Fsp3) is 0.545. The van der Waals surface area contributed by atoms with Crippen LogP contribution in [0.4, 0.5) is 18.9 Å². The summed E-state index contributed by atoms with van der Waals surface area (Å²) in [6, 6.07) is 4.15. The summed E-state index contributed by atoms with van der Waals surface area (Å²) in [5, 5.41) is 31.1. The molecule has 0 aliphatic heterocycles. The number of benzene rings is 2. The highest BCUT2D eigenvalue weighted by molar-refractivity contribution is 7.91. The minimum Gasteiger partial charge on any atom is -0.508 e. The number of nitrogens with one attached hydrogen (secondary N) is 3. The number of primary sulfonamides is 1. The van der Waals surface area contributed by atoms with Crippen LogP contribution in [0.1, 0.15) is 63.4 Å². The van der Waals surface area contributed by atoms with Gasteiger partial charge in [0.25, 0.3) is 0 Å². The highest BCUT2D eigenvalue weighted by atomic mass is 32.2. The predicted octanol–water partition coefficient (Wildman–Crippen LogP) is 2.50. The van der Waals surface area contributed by atoms with Crippen LogP contribution in [0, 0.1) is 17.5 Å². The van der Waals surface area contributed by atoms with Crippen LogP contribution in [0.2, 0.25) is 0 Å². The number of sulfone groups is 1. The number of carboxylic acid groups (broad SMARTS) is 1. The van der Waals surface area contributed by atoms with Crippen molar-refractivity contribution in [1.82, 2.24) is 10.6 Å². The third-order valence-corrected chi connectivity index (χ3v) is 11.0. The van der Waals surface area contributed by atoms with E-state index in [2.05, 4.69) is 16.0 Å². The van der Waals surface area contributed by atoms with Gasteiger partial charge in [0.1, 0.15) is 16.7 Å². The second-order valence-corrected chi connectivity index (χ2v) is 16.0. The van der Waals surface area contributed by atoms with Crippen LogP contribution in [-0.4, -0.2) is 95.6 Å². The van der Waals surface area contributed by atoms with E-state index < -0.39 is 94.8 Å². The Bertz CT molecular complexity index is 1790. The minimum atomic E-state index is -5.14. The van der Waals surface area contributed by atoms with Crippen molar-refractivity contribution in [3.8, 4) is 5.75 Å². The Morgan fingerprint density at radius 3 is 2.00 bits per heavy atom. The number of aliphatic carboxylic acids is 1. The van der Waals surface area contributed by atoms with Gasteiger partial charge in [0.05, 0.1) is 37.9 Å². The molecule has 2 amide bonds. The first-order valence-corrected chi connectivity index (χ1v) is 20.2. The molecule has 1 aliphatic carbocycles. The average Bonchev–Trinajstić information content (AvgIpc) is 3.06. The molecule has 1 fully saturated rings. The average molecular weight is 795 g/mol. The Morgan fingerprint density at radius 2 is 1.40 bits per heavy atom. The van der Waals surface area contributed by atoms with Crippen molar-refractivity contribution < 1.29 is 64.1 Å². The van der Waals surface area contributed by atoms with Gasteiger partial charge < -0.3 is 35.6 Å². The normalized spacial score (nSPS) is 14.9. The van der Waals surface area contributed by atoms with Crippen molar-refractivity contribution in [3.63, 3.8) is 0 Å². The summed E-state index contributed by atoms with van der Waals surface area (Å²) in [6.07, 6.45) is 4.07. The van der Waals surface area contributed by atoms with Crippen molar-refractivity contribution in [2.24, 2.45) is 5.14 Å². The van der Waals surface area contributed by atoms with E-state index in [1.165, 1.54) is 12.1 Å². The summed E-state index contributed by atoms with van der Waals surface area (Å²) in [6.45, 7) is -0.0475. The van der Waals surface area contributed by atoms with Gasteiger partial charge in [0, 0.05) is 31.8 Å². The molecule has 0 heterocycles. The molecular weight excluding hydrogens is 750 g/mol. The SMILES string of the molecule is NS(=O)(=O)c1c(F)c(F)c(S(=O)(=O)CCC(=O)NCCOCCOCCC(=O)NC(Cc2ccc(O)cc2)C(=O)O)c(NC2CCCCCCC2)c1F. The molecule has 0 radical (unpaired) electrons. The molecule has 3 rings (SSSR count). The zero-order valence-corrected chi connectivity index (χ0v) is 30.5. The first kappa shape index (κ1) is 43.4. The maximum absolute atomic E-state index is 15.5. The Balaban J connectivity index is 1.44. The molecule has 0 bridgehead atoms. The molecule has 20 heteroatoms. The van der Waals surface area contributed by atoms with Gasteiger partial charge in [-0.1, -0.05) is 44.2 Å². The van der Waals surface area contributed by atoms with E-state index in [0.29, 0.717) is 31.2 Å². The number of ether oxygens (including phenoxy) is 2. The Labute approximate surface area is 305 Å². The first-order valence-electron chi connectivity index (χ1n) is 17.0. The molecule has 1 saturated carbocycles. The van der Waals surface area contributed by atoms with Gasteiger partial charge in [-0.05, 0) is 30.5 Å². The second-order valence-electron chi connectivity index (χ2n) is 12.4. The lowest BCUT2D eigenvalue weighted by atomic mass is 9.96. The highest BCUT2D eigenvalue weighted by Crippen LogP contribution is 2.37. The van der Waals surface area contributed by atoms with Crippen molar-refractivity contribution in [2.45, 2.75) is 86.1 Å². The number of carbonyl (C=O) groups excluding carboxylic acids is 2. The van der Waals surface area contributed by atoms with E-state index in [1.807, 2.05) is 0 Å². The lowest BCUT2D eigenvalue weighted by molar-refractivity contribution is -0.142. The van der Waals surface area contributed by atoms with Crippen LogP contribution in [0.5, 0.6) is 5.75 Å². The summed E-state index contributed by atoms with van der Waals surface area (Å²) < 4.78 is 107. The van der Waals surface area contributed by atoms with E-state index in [1.54, 1.807) is 12.1 Å². The first-order chi connectivity index (χ1) is 25.0. The molecule has 2 aromatic carbocycles. The van der Waals surface area contributed by atoms with Crippen LogP contribution >= 0.6 is 0 Å². The number of anilines is 1. The number of rotatable bonds is 20. The predicted molar refractivity (Wildman–Crippen MR) is 185 cm³/mol. The summed E-state index contributed by atoms with van der Waals surface area (Å²) in [4.78, 5) is 32.8. The van der Waals surface area contributed by atoms with Gasteiger partial charge in [-0.3, -0.25) is 9.59 Å². The van der Waals surface area contributed by atoms with Gasteiger partial charge >= 0.3 is 5.97 Å². The number of aromatic hydroxyl groups is 1. The number of phenols is 1. The molecule has 1 unspecified atom stereocenters. The molecule has 296 valence electrons. The lowest BCUT2D eigenvalue weighted by Crippen LogP contribution is -2.42. The van der Waals surface area contributed by atoms with E-state index >= 15 is 8.78 Å². The maximum atomic E-state index is 15.5. The Kier molecular flexibility index (Phi) is 16.8. The second kappa shape index (κ2) is 20.5. The third kappa shape index (κ3) is 13.7. The molecule has 15 nitrogen and oxygen atoms in total. The van der Waals surface area contributed by atoms with Gasteiger partial charge in [-0.2, -0.15) is 0 Å². The third-order valence-electron chi connectivity index (χ3n) is 8.31. The van der Waals surface area contributed by atoms with Crippen LogP contribution < -0.4 is 21.1 Å². The number of hydrogen-bond acceptors (Lipinski definition) is 11. The summed E-state index contributed by atoms with van der Waals surface area (Å²) >= 11 is 0. The van der Waals surface area contributed by atoms with Gasteiger partial charge in [-0.25, -0.2) is 39.9 Å². The monoisotopic (exact) mass is 794 g/mol. The zero-order valence-electron chi connectivity index (χ0n) is 28.9. The number of carboxylic acids is 1. The lowest BCUT2D eigenvalue weighted by Gasteiger charge is -2.25. The summed E-state index contributed by atoms with van der Waals surface area (Å²) in [7, 11) is -10.0. The van der Waals surface area contributed by atoms with Gasteiger partial charge in [0.15, 0.2) is 32.2 Å². The largest absolute Gasteiger partial charge is 0.508 e. The topological polar surface area (TPSA) is 241 Å². The van der Waals surface area contributed by atoms with E-state index in [-0.39, 0.29) is 51.6 Å². The number of sulfonamides is 1. The Hall–Kier alpha value is -3.98. The number of amides is 2.